The monoisotopic (exact) mass is 266 g/mol. The van der Waals surface area contributed by atoms with Gasteiger partial charge in [0, 0.05) is 19.7 Å². The molecule has 5 nitrogen and oxygen atoms in total. The zero-order chi connectivity index (χ0) is 13.9. The van der Waals surface area contributed by atoms with Crippen LogP contribution in [-0.4, -0.2) is 34.8 Å². The third-order valence-corrected chi connectivity index (χ3v) is 3.00. The summed E-state index contributed by atoms with van der Waals surface area (Å²) in [6.45, 7) is 6.27. The van der Waals surface area contributed by atoms with Gasteiger partial charge < -0.3 is 15.7 Å². The van der Waals surface area contributed by atoms with Crippen LogP contribution in [0.5, 0.6) is 0 Å². The Morgan fingerprint density at radius 1 is 1.11 bits per heavy atom. The van der Waals surface area contributed by atoms with E-state index < -0.39 is 0 Å². The topological polar surface area (TPSA) is 70.1 Å². The minimum atomic E-state index is 0.246. The molecule has 0 aliphatic heterocycles. The van der Waals surface area contributed by atoms with Crippen molar-refractivity contribution in [3.8, 4) is 0 Å². The van der Waals surface area contributed by atoms with Gasteiger partial charge in [-0.3, -0.25) is 4.98 Å². The summed E-state index contributed by atoms with van der Waals surface area (Å²) in [5, 5.41) is 15.6. The summed E-state index contributed by atoms with van der Waals surface area (Å²) < 4.78 is 0. The summed E-state index contributed by atoms with van der Waals surface area (Å²) in [5.41, 5.74) is 0. The van der Waals surface area contributed by atoms with Gasteiger partial charge in [-0.05, 0) is 25.2 Å². The van der Waals surface area contributed by atoms with E-state index in [9.17, 15) is 0 Å². The van der Waals surface area contributed by atoms with Gasteiger partial charge >= 0.3 is 0 Å². The average Bonchev–Trinajstić information content (AvgIpc) is 2.43. The van der Waals surface area contributed by atoms with Crippen molar-refractivity contribution in [2.24, 2.45) is 5.92 Å². The van der Waals surface area contributed by atoms with Crippen molar-refractivity contribution in [1.29, 1.82) is 0 Å². The second kappa shape index (κ2) is 9.55. The van der Waals surface area contributed by atoms with Crippen LogP contribution in [0.4, 0.5) is 11.6 Å². The Bertz CT molecular complexity index is 340. The highest BCUT2D eigenvalue weighted by molar-refractivity contribution is 5.41. The first-order chi connectivity index (χ1) is 9.30. The fraction of sp³-hybridized carbons (Fsp3) is 0.714. The lowest BCUT2D eigenvalue weighted by atomic mass is 10.0. The largest absolute Gasteiger partial charge is 0.396 e. The molecule has 0 fully saturated rings. The summed E-state index contributed by atoms with van der Waals surface area (Å²) in [4.78, 5) is 8.63. The maximum absolute atomic E-state index is 9.04. The van der Waals surface area contributed by atoms with Gasteiger partial charge in [0.25, 0.3) is 0 Å². The number of aromatic nitrogens is 2. The maximum atomic E-state index is 9.04. The highest BCUT2D eigenvalue weighted by atomic mass is 16.3. The second-order valence-corrected chi connectivity index (χ2v) is 4.76. The Balaban J connectivity index is 2.46. The van der Waals surface area contributed by atoms with Crippen LogP contribution in [0.2, 0.25) is 0 Å². The summed E-state index contributed by atoms with van der Waals surface area (Å²) in [6, 6.07) is 0. The number of aliphatic hydroxyl groups is 1. The molecule has 108 valence electrons. The molecule has 1 atom stereocenters. The van der Waals surface area contributed by atoms with Crippen molar-refractivity contribution in [3.63, 3.8) is 0 Å². The van der Waals surface area contributed by atoms with E-state index in [1.807, 2.05) is 0 Å². The van der Waals surface area contributed by atoms with E-state index in [1.54, 1.807) is 12.4 Å². The molecule has 1 aromatic rings. The molecule has 1 rings (SSSR count). The van der Waals surface area contributed by atoms with Crippen LogP contribution in [0.25, 0.3) is 0 Å². The molecule has 3 N–H and O–H groups in total. The molecule has 1 unspecified atom stereocenters. The van der Waals surface area contributed by atoms with Crippen molar-refractivity contribution >= 4 is 11.6 Å². The Labute approximate surface area is 115 Å². The number of rotatable bonds is 10. The van der Waals surface area contributed by atoms with E-state index in [4.69, 9.17) is 5.11 Å². The number of aliphatic hydroxyl groups excluding tert-OH is 1. The molecule has 0 amide bonds. The molecule has 1 heterocycles. The molecule has 0 aliphatic carbocycles. The first-order valence-electron chi connectivity index (χ1n) is 7.20. The predicted molar refractivity (Wildman–Crippen MR) is 79.4 cm³/mol. The zero-order valence-electron chi connectivity index (χ0n) is 12.0. The van der Waals surface area contributed by atoms with Crippen LogP contribution in [0.1, 0.15) is 39.5 Å². The number of nitrogens with one attached hydrogen (secondary N) is 2. The number of anilines is 2. The Kier molecular flexibility index (Phi) is 7.89. The number of nitrogens with zero attached hydrogens (tertiary/aromatic N) is 2. The van der Waals surface area contributed by atoms with Crippen molar-refractivity contribution in [2.45, 2.75) is 39.5 Å². The first kappa shape index (κ1) is 15.7. The van der Waals surface area contributed by atoms with E-state index in [-0.39, 0.29) is 6.61 Å². The summed E-state index contributed by atoms with van der Waals surface area (Å²) in [5.74, 6) is 2.09. The van der Waals surface area contributed by atoms with Gasteiger partial charge in [-0.15, -0.1) is 0 Å². The van der Waals surface area contributed by atoms with E-state index in [0.29, 0.717) is 5.92 Å². The third-order valence-electron chi connectivity index (χ3n) is 3.00. The van der Waals surface area contributed by atoms with Crippen molar-refractivity contribution in [3.05, 3.63) is 12.4 Å². The van der Waals surface area contributed by atoms with Crippen LogP contribution in [0, 0.1) is 5.92 Å². The summed E-state index contributed by atoms with van der Waals surface area (Å²) in [6.07, 6.45) is 7.62. The molecule has 0 bridgehead atoms. The smallest absolute Gasteiger partial charge is 0.146 e. The third kappa shape index (κ3) is 6.38. The zero-order valence-corrected chi connectivity index (χ0v) is 12.0. The van der Waals surface area contributed by atoms with Gasteiger partial charge in [-0.2, -0.15) is 0 Å². The minimum Gasteiger partial charge on any atom is -0.396 e. The fourth-order valence-electron chi connectivity index (χ4n) is 1.98. The van der Waals surface area contributed by atoms with Crippen molar-refractivity contribution in [1.82, 2.24) is 9.97 Å². The highest BCUT2D eigenvalue weighted by Gasteiger charge is 2.07. The van der Waals surface area contributed by atoms with Crippen molar-refractivity contribution < 1.29 is 5.11 Å². The molecule has 19 heavy (non-hydrogen) atoms. The van der Waals surface area contributed by atoms with Gasteiger partial charge in [-0.1, -0.05) is 20.3 Å². The van der Waals surface area contributed by atoms with Crippen LogP contribution >= 0.6 is 0 Å². The fourth-order valence-corrected chi connectivity index (χ4v) is 1.98. The lowest BCUT2D eigenvalue weighted by molar-refractivity contribution is 0.255. The van der Waals surface area contributed by atoms with Gasteiger partial charge in [-0.25, -0.2) is 4.98 Å². The highest BCUT2D eigenvalue weighted by Crippen LogP contribution is 2.13. The van der Waals surface area contributed by atoms with Gasteiger partial charge in [0.05, 0.1) is 12.4 Å². The predicted octanol–water partition coefficient (Wildman–Crippen LogP) is 2.51. The molecule has 0 aliphatic rings. The van der Waals surface area contributed by atoms with E-state index >= 15 is 0 Å². The van der Waals surface area contributed by atoms with Crippen LogP contribution < -0.4 is 10.6 Å². The molecule has 5 heteroatoms. The quantitative estimate of drug-likeness (QED) is 0.607. The van der Waals surface area contributed by atoms with Crippen molar-refractivity contribution in [2.75, 3.05) is 30.3 Å². The Hall–Kier alpha value is -1.36. The van der Waals surface area contributed by atoms with E-state index in [0.717, 1.165) is 50.4 Å². The standard InChI is InChI=1S/C14H26N4O/c1-3-5-12(6-8-19)9-17-14-11-15-10-13(18-14)16-7-4-2/h10-12,19H,3-9H2,1-2H3,(H2,16,17,18). The van der Waals surface area contributed by atoms with E-state index in [1.165, 1.54) is 0 Å². The molecular weight excluding hydrogens is 240 g/mol. The lowest BCUT2D eigenvalue weighted by Crippen LogP contribution is -2.16. The second-order valence-electron chi connectivity index (χ2n) is 4.76. The number of hydrogen-bond donors (Lipinski definition) is 3. The molecule has 0 saturated heterocycles. The lowest BCUT2D eigenvalue weighted by Gasteiger charge is -2.16. The molecule has 0 aromatic carbocycles. The van der Waals surface area contributed by atoms with Gasteiger partial charge in [0.2, 0.25) is 0 Å². The summed E-state index contributed by atoms with van der Waals surface area (Å²) in [7, 11) is 0. The Morgan fingerprint density at radius 3 is 2.47 bits per heavy atom. The van der Waals surface area contributed by atoms with Crippen LogP contribution in [0.15, 0.2) is 12.4 Å². The SMILES string of the molecule is CCCNc1cncc(NCC(CCC)CCO)n1. The minimum absolute atomic E-state index is 0.246. The molecule has 0 radical (unpaired) electrons. The first-order valence-corrected chi connectivity index (χ1v) is 7.20. The van der Waals surface area contributed by atoms with Crippen LogP contribution in [0.3, 0.4) is 0 Å². The number of hydrogen-bond acceptors (Lipinski definition) is 5. The summed E-state index contributed by atoms with van der Waals surface area (Å²) >= 11 is 0. The van der Waals surface area contributed by atoms with Gasteiger partial charge in [0.1, 0.15) is 11.6 Å². The molecular formula is C14H26N4O. The average molecular weight is 266 g/mol. The van der Waals surface area contributed by atoms with Gasteiger partial charge in [0.15, 0.2) is 0 Å². The Morgan fingerprint density at radius 2 is 1.84 bits per heavy atom. The van der Waals surface area contributed by atoms with Crippen LogP contribution in [-0.2, 0) is 0 Å². The molecule has 0 spiro atoms. The maximum Gasteiger partial charge on any atom is 0.146 e. The molecule has 0 saturated carbocycles. The van der Waals surface area contributed by atoms with E-state index in [2.05, 4.69) is 34.4 Å². The normalized spacial score (nSPS) is 12.2. The molecule has 1 aromatic heterocycles.